The van der Waals surface area contributed by atoms with E-state index in [9.17, 15) is 4.79 Å². The molecule has 5 heteroatoms. The minimum Gasteiger partial charge on any atom is -0.461 e. The zero-order chi connectivity index (χ0) is 15.6. The smallest absolute Gasteiger partial charge is 0.360 e. The average molecular weight is 287 g/mol. The SMILES string of the molecule is CCOC(=O)c1nc(CC)n(-c2cc(C)cc(C)c2)c1N. The van der Waals surface area contributed by atoms with Crippen molar-refractivity contribution in [3.63, 3.8) is 0 Å². The lowest BCUT2D eigenvalue weighted by Crippen LogP contribution is -2.09. The number of rotatable bonds is 4. The second kappa shape index (κ2) is 5.99. The molecule has 2 N–H and O–H groups in total. The zero-order valence-electron chi connectivity index (χ0n) is 12.9. The summed E-state index contributed by atoms with van der Waals surface area (Å²) >= 11 is 0. The van der Waals surface area contributed by atoms with Crippen LogP contribution in [-0.4, -0.2) is 22.1 Å². The summed E-state index contributed by atoms with van der Waals surface area (Å²) in [5.41, 5.74) is 9.53. The fourth-order valence-corrected chi connectivity index (χ4v) is 2.44. The normalized spacial score (nSPS) is 10.7. The van der Waals surface area contributed by atoms with Crippen LogP contribution in [0.3, 0.4) is 0 Å². The molecule has 112 valence electrons. The first-order valence-electron chi connectivity index (χ1n) is 7.10. The molecule has 0 saturated carbocycles. The van der Waals surface area contributed by atoms with E-state index in [1.165, 1.54) is 0 Å². The van der Waals surface area contributed by atoms with E-state index in [0.29, 0.717) is 18.8 Å². The first-order chi connectivity index (χ1) is 9.97. The lowest BCUT2D eigenvalue weighted by molar-refractivity contribution is 0.0521. The van der Waals surface area contributed by atoms with E-state index in [4.69, 9.17) is 10.5 Å². The molecule has 0 radical (unpaired) electrons. The Hall–Kier alpha value is -2.30. The summed E-state index contributed by atoms with van der Waals surface area (Å²) in [6, 6.07) is 6.15. The second-order valence-corrected chi connectivity index (χ2v) is 5.02. The van der Waals surface area contributed by atoms with Gasteiger partial charge in [-0.15, -0.1) is 0 Å². The number of ether oxygens (including phenoxy) is 1. The average Bonchev–Trinajstić information content (AvgIpc) is 2.75. The monoisotopic (exact) mass is 287 g/mol. The second-order valence-electron chi connectivity index (χ2n) is 5.02. The fourth-order valence-electron chi connectivity index (χ4n) is 2.44. The molecular formula is C16H21N3O2. The summed E-state index contributed by atoms with van der Waals surface area (Å²) in [5, 5.41) is 0. The van der Waals surface area contributed by atoms with E-state index in [-0.39, 0.29) is 5.69 Å². The van der Waals surface area contributed by atoms with Gasteiger partial charge in [0.25, 0.3) is 0 Å². The van der Waals surface area contributed by atoms with Gasteiger partial charge in [-0.1, -0.05) is 13.0 Å². The molecule has 2 rings (SSSR count). The molecule has 5 nitrogen and oxygen atoms in total. The highest BCUT2D eigenvalue weighted by molar-refractivity contribution is 5.92. The molecule has 1 aromatic carbocycles. The van der Waals surface area contributed by atoms with Crippen LogP contribution in [0.5, 0.6) is 0 Å². The van der Waals surface area contributed by atoms with Crippen molar-refractivity contribution in [2.75, 3.05) is 12.3 Å². The van der Waals surface area contributed by atoms with E-state index >= 15 is 0 Å². The Morgan fingerprint density at radius 1 is 1.24 bits per heavy atom. The highest BCUT2D eigenvalue weighted by atomic mass is 16.5. The number of carbonyl (C=O) groups is 1. The fraction of sp³-hybridized carbons (Fsp3) is 0.375. The molecule has 0 atom stereocenters. The zero-order valence-corrected chi connectivity index (χ0v) is 12.9. The predicted octanol–water partition coefficient (Wildman–Crippen LogP) is 2.81. The van der Waals surface area contributed by atoms with Gasteiger partial charge in [-0.3, -0.25) is 4.57 Å². The molecule has 0 fully saturated rings. The van der Waals surface area contributed by atoms with Crippen molar-refractivity contribution in [2.45, 2.75) is 34.1 Å². The van der Waals surface area contributed by atoms with Gasteiger partial charge in [-0.2, -0.15) is 0 Å². The van der Waals surface area contributed by atoms with Gasteiger partial charge >= 0.3 is 5.97 Å². The number of hydrogen-bond acceptors (Lipinski definition) is 4. The van der Waals surface area contributed by atoms with E-state index in [1.807, 2.05) is 37.5 Å². The van der Waals surface area contributed by atoms with Gasteiger partial charge in [-0.05, 0) is 44.0 Å². The van der Waals surface area contributed by atoms with E-state index in [1.54, 1.807) is 6.92 Å². The summed E-state index contributed by atoms with van der Waals surface area (Å²) < 4.78 is 6.84. The topological polar surface area (TPSA) is 70.1 Å². The maximum atomic E-state index is 11.9. The lowest BCUT2D eigenvalue weighted by atomic mass is 10.1. The molecule has 1 heterocycles. The van der Waals surface area contributed by atoms with E-state index < -0.39 is 5.97 Å². The predicted molar refractivity (Wildman–Crippen MR) is 82.8 cm³/mol. The van der Waals surface area contributed by atoms with Crippen molar-refractivity contribution in [2.24, 2.45) is 0 Å². The Morgan fingerprint density at radius 3 is 2.38 bits per heavy atom. The molecule has 0 amide bonds. The third-order valence-electron chi connectivity index (χ3n) is 3.23. The van der Waals surface area contributed by atoms with E-state index in [0.717, 1.165) is 22.6 Å². The molecule has 0 spiro atoms. The molecule has 0 bridgehead atoms. The first kappa shape index (κ1) is 15.1. The molecule has 0 unspecified atom stereocenters. The summed E-state index contributed by atoms with van der Waals surface area (Å²) in [7, 11) is 0. The van der Waals surface area contributed by atoms with E-state index in [2.05, 4.69) is 11.1 Å². The molecule has 2 aromatic rings. The Kier molecular flexibility index (Phi) is 4.31. The number of hydrogen-bond donors (Lipinski definition) is 1. The summed E-state index contributed by atoms with van der Waals surface area (Å²) in [6.07, 6.45) is 0.677. The van der Waals surface area contributed by atoms with Crippen LogP contribution in [0.25, 0.3) is 5.69 Å². The van der Waals surface area contributed by atoms with Gasteiger partial charge in [-0.25, -0.2) is 9.78 Å². The molecular weight excluding hydrogens is 266 g/mol. The lowest BCUT2D eigenvalue weighted by Gasteiger charge is -2.11. The van der Waals surface area contributed by atoms with Crippen LogP contribution in [0.2, 0.25) is 0 Å². The Labute approximate surface area is 124 Å². The van der Waals surface area contributed by atoms with Crippen LogP contribution in [0.1, 0.15) is 41.3 Å². The molecule has 0 saturated heterocycles. The third kappa shape index (κ3) is 2.91. The van der Waals surface area contributed by atoms with Gasteiger partial charge in [0.1, 0.15) is 11.6 Å². The minimum absolute atomic E-state index is 0.188. The largest absolute Gasteiger partial charge is 0.461 e. The number of imidazole rings is 1. The molecule has 0 aliphatic carbocycles. The van der Waals surface area contributed by atoms with Crippen LogP contribution in [-0.2, 0) is 11.2 Å². The molecule has 21 heavy (non-hydrogen) atoms. The molecule has 0 aliphatic rings. The quantitative estimate of drug-likeness (QED) is 0.878. The number of carbonyl (C=O) groups excluding carboxylic acids is 1. The summed E-state index contributed by atoms with van der Waals surface area (Å²) in [6.45, 7) is 8.10. The third-order valence-corrected chi connectivity index (χ3v) is 3.23. The number of esters is 1. The number of nitrogens with two attached hydrogens (primary N) is 1. The number of nitrogen functional groups attached to an aromatic ring is 1. The Bertz CT molecular complexity index is 654. The van der Waals surface area contributed by atoms with Gasteiger partial charge < -0.3 is 10.5 Å². The van der Waals surface area contributed by atoms with Crippen molar-refractivity contribution in [1.82, 2.24) is 9.55 Å². The molecule has 0 aliphatic heterocycles. The van der Waals surface area contributed by atoms with Gasteiger partial charge in [0.05, 0.1) is 6.61 Å². The van der Waals surface area contributed by atoms with Crippen molar-refractivity contribution < 1.29 is 9.53 Å². The number of aryl methyl sites for hydroxylation is 3. The van der Waals surface area contributed by atoms with Crippen LogP contribution in [0.4, 0.5) is 5.82 Å². The van der Waals surface area contributed by atoms with Crippen LogP contribution < -0.4 is 5.73 Å². The Balaban J connectivity index is 2.60. The highest BCUT2D eigenvalue weighted by Gasteiger charge is 2.21. The summed E-state index contributed by atoms with van der Waals surface area (Å²) in [4.78, 5) is 16.3. The van der Waals surface area contributed by atoms with Crippen molar-refractivity contribution in [1.29, 1.82) is 0 Å². The number of anilines is 1. The Morgan fingerprint density at radius 2 is 1.86 bits per heavy atom. The number of aromatic nitrogens is 2. The van der Waals surface area contributed by atoms with Crippen molar-refractivity contribution in [3.8, 4) is 5.69 Å². The van der Waals surface area contributed by atoms with Crippen molar-refractivity contribution in [3.05, 3.63) is 40.8 Å². The van der Waals surface area contributed by atoms with Crippen LogP contribution in [0.15, 0.2) is 18.2 Å². The first-order valence-corrected chi connectivity index (χ1v) is 7.10. The maximum absolute atomic E-state index is 11.9. The highest BCUT2D eigenvalue weighted by Crippen LogP contribution is 2.23. The van der Waals surface area contributed by atoms with Crippen LogP contribution >= 0.6 is 0 Å². The standard InChI is InChI=1S/C16H21N3O2/c1-5-13-18-14(16(20)21-6-2)15(17)19(13)12-8-10(3)7-11(4)9-12/h7-9H,5-6,17H2,1-4H3. The van der Waals surface area contributed by atoms with Crippen molar-refractivity contribution >= 4 is 11.8 Å². The summed E-state index contributed by atoms with van der Waals surface area (Å²) in [5.74, 6) is 0.601. The van der Waals surface area contributed by atoms with Gasteiger partial charge in [0.15, 0.2) is 5.69 Å². The van der Waals surface area contributed by atoms with Gasteiger partial charge in [0, 0.05) is 12.1 Å². The van der Waals surface area contributed by atoms with Crippen LogP contribution in [0, 0.1) is 13.8 Å². The number of nitrogens with zero attached hydrogens (tertiary/aromatic N) is 2. The minimum atomic E-state index is -0.479. The molecule has 1 aromatic heterocycles. The number of benzene rings is 1. The van der Waals surface area contributed by atoms with Gasteiger partial charge in [0.2, 0.25) is 0 Å². The maximum Gasteiger partial charge on any atom is 0.360 e.